The lowest BCUT2D eigenvalue weighted by Gasteiger charge is -2.36. The molecule has 0 saturated carbocycles. The van der Waals surface area contributed by atoms with Gasteiger partial charge < -0.3 is 14.9 Å². The standard InChI is InChI=1S/C24H23ClN4O2S/c1-16-20-14-22(32-24(20)29(26-16)15-17-4-2-3-5-21(17)25)23(31)28-12-10-27(11-13-28)18-6-8-19(30)9-7-18/h2-9,14,30H,10-13,15H2,1H3. The minimum Gasteiger partial charge on any atom is -0.508 e. The summed E-state index contributed by atoms with van der Waals surface area (Å²) in [5.74, 6) is 0.330. The minimum absolute atomic E-state index is 0.0697. The highest BCUT2D eigenvalue weighted by atomic mass is 35.5. The molecule has 0 bridgehead atoms. The average Bonchev–Trinajstić information content (AvgIpc) is 3.37. The van der Waals surface area contributed by atoms with Crippen molar-refractivity contribution in [3.63, 3.8) is 0 Å². The number of carbonyl (C=O) groups excluding carboxylic acids is 1. The molecule has 1 aliphatic heterocycles. The van der Waals surface area contributed by atoms with Gasteiger partial charge in [0.1, 0.15) is 10.6 Å². The highest BCUT2D eigenvalue weighted by Gasteiger charge is 2.25. The molecule has 1 N–H and O–H groups in total. The van der Waals surface area contributed by atoms with Gasteiger partial charge in [0, 0.05) is 42.3 Å². The van der Waals surface area contributed by atoms with Gasteiger partial charge in [0.25, 0.3) is 5.91 Å². The summed E-state index contributed by atoms with van der Waals surface area (Å²) in [6.45, 7) is 5.41. The van der Waals surface area contributed by atoms with Gasteiger partial charge in [-0.25, -0.2) is 0 Å². The van der Waals surface area contributed by atoms with Crippen molar-refractivity contribution in [1.29, 1.82) is 0 Å². The maximum Gasteiger partial charge on any atom is 0.264 e. The number of thiophene rings is 1. The highest BCUT2D eigenvalue weighted by Crippen LogP contribution is 2.31. The molecular formula is C24H23ClN4O2S. The number of halogens is 1. The van der Waals surface area contributed by atoms with E-state index in [4.69, 9.17) is 11.6 Å². The maximum absolute atomic E-state index is 13.2. The van der Waals surface area contributed by atoms with E-state index in [1.165, 1.54) is 11.3 Å². The topological polar surface area (TPSA) is 61.6 Å². The SMILES string of the molecule is Cc1nn(Cc2ccccc2Cl)c2sc(C(=O)N3CCN(c4ccc(O)cc4)CC3)cc12. The normalized spacial score (nSPS) is 14.3. The van der Waals surface area contributed by atoms with Crippen LogP contribution < -0.4 is 4.90 Å². The smallest absolute Gasteiger partial charge is 0.264 e. The van der Waals surface area contributed by atoms with E-state index in [0.717, 1.165) is 45.1 Å². The van der Waals surface area contributed by atoms with Gasteiger partial charge in [-0.05, 0) is 48.9 Å². The van der Waals surface area contributed by atoms with Crippen LogP contribution in [-0.2, 0) is 6.54 Å². The van der Waals surface area contributed by atoms with E-state index in [-0.39, 0.29) is 11.7 Å². The Bertz CT molecular complexity index is 1270. The van der Waals surface area contributed by atoms with Gasteiger partial charge in [0.15, 0.2) is 0 Å². The quantitative estimate of drug-likeness (QED) is 0.470. The summed E-state index contributed by atoms with van der Waals surface area (Å²) in [6, 6.07) is 16.9. The van der Waals surface area contributed by atoms with Crippen molar-refractivity contribution >= 4 is 44.7 Å². The molecule has 1 fully saturated rings. The van der Waals surface area contributed by atoms with Gasteiger partial charge in [-0.2, -0.15) is 5.10 Å². The number of carbonyl (C=O) groups is 1. The summed E-state index contributed by atoms with van der Waals surface area (Å²) >= 11 is 7.83. The Morgan fingerprint density at radius 2 is 1.81 bits per heavy atom. The van der Waals surface area contributed by atoms with Crippen molar-refractivity contribution < 1.29 is 9.90 Å². The fraction of sp³-hybridized carbons (Fsp3) is 0.250. The van der Waals surface area contributed by atoms with E-state index in [2.05, 4.69) is 10.00 Å². The number of amides is 1. The average molecular weight is 467 g/mol. The van der Waals surface area contributed by atoms with Crippen LogP contribution in [0.4, 0.5) is 5.69 Å². The van der Waals surface area contributed by atoms with Crippen LogP contribution in [0.25, 0.3) is 10.2 Å². The number of nitrogens with zero attached hydrogens (tertiary/aromatic N) is 4. The number of benzene rings is 2. The monoisotopic (exact) mass is 466 g/mol. The molecule has 3 heterocycles. The van der Waals surface area contributed by atoms with E-state index in [1.807, 2.05) is 59.0 Å². The molecule has 8 heteroatoms. The predicted molar refractivity (Wildman–Crippen MR) is 129 cm³/mol. The van der Waals surface area contributed by atoms with Crippen LogP contribution in [-0.4, -0.2) is 51.9 Å². The molecule has 6 nitrogen and oxygen atoms in total. The molecule has 0 unspecified atom stereocenters. The number of hydrogen-bond acceptors (Lipinski definition) is 5. The Labute approximate surface area is 195 Å². The van der Waals surface area contributed by atoms with Gasteiger partial charge in [-0.15, -0.1) is 11.3 Å². The van der Waals surface area contributed by atoms with Crippen LogP contribution in [0.3, 0.4) is 0 Å². The number of aromatic nitrogens is 2. The molecule has 0 radical (unpaired) electrons. The molecule has 1 aliphatic rings. The Morgan fingerprint density at radius 1 is 1.09 bits per heavy atom. The second-order valence-electron chi connectivity index (χ2n) is 7.96. The largest absolute Gasteiger partial charge is 0.508 e. The first kappa shape index (κ1) is 20.8. The lowest BCUT2D eigenvalue weighted by Crippen LogP contribution is -2.48. The third-order valence-corrected chi connectivity index (χ3v) is 7.38. The molecule has 0 aliphatic carbocycles. The Morgan fingerprint density at radius 3 is 2.53 bits per heavy atom. The third kappa shape index (κ3) is 3.94. The number of aromatic hydroxyl groups is 1. The maximum atomic E-state index is 13.2. The summed E-state index contributed by atoms with van der Waals surface area (Å²) in [7, 11) is 0. The van der Waals surface area contributed by atoms with E-state index in [1.54, 1.807) is 12.1 Å². The van der Waals surface area contributed by atoms with Crippen LogP contribution in [0.2, 0.25) is 5.02 Å². The van der Waals surface area contributed by atoms with Gasteiger partial charge in [-0.1, -0.05) is 29.8 Å². The summed E-state index contributed by atoms with van der Waals surface area (Å²) in [6.07, 6.45) is 0. The van der Waals surface area contributed by atoms with Crippen molar-refractivity contribution in [3.05, 3.63) is 75.8 Å². The molecule has 2 aromatic heterocycles. The highest BCUT2D eigenvalue weighted by molar-refractivity contribution is 7.20. The summed E-state index contributed by atoms with van der Waals surface area (Å²) in [4.78, 5) is 19.1. The molecule has 0 atom stereocenters. The van der Waals surface area contributed by atoms with Crippen LogP contribution >= 0.6 is 22.9 Å². The van der Waals surface area contributed by atoms with Crippen LogP contribution in [0.5, 0.6) is 5.75 Å². The van der Waals surface area contributed by atoms with Crippen molar-refractivity contribution in [2.45, 2.75) is 13.5 Å². The second-order valence-corrected chi connectivity index (χ2v) is 9.40. The Balaban J connectivity index is 1.32. The molecule has 4 aromatic rings. The molecule has 164 valence electrons. The lowest BCUT2D eigenvalue weighted by molar-refractivity contribution is 0.0751. The molecule has 2 aromatic carbocycles. The zero-order valence-electron chi connectivity index (χ0n) is 17.7. The summed E-state index contributed by atoms with van der Waals surface area (Å²) in [5, 5.41) is 15.9. The van der Waals surface area contributed by atoms with Gasteiger partial charge in [0.05, 0.1) is 17.1 Å². The summed E-state index contributed by atoms with van der Waals surface area (Å²) < 4.78 is 1.94. The molecule has 32 heavy (non-hydrogen) atoms. The fourth-order valence-electron chi connectivity index (χ4n) is 4.10. The zero-order chi connectivity index (χ0) is 22.2. The van der Waals surface area contributed by atoms with Crippen molar-refractivity contribution in [2.24, 2.45) is 0 Å². The van der Waals surface area contributed by atoms with Gasteiger partial charge in [0.2, 0.25) is 0 Å². The number of fused-ring (bicyclic) bond motifs is 1. The van der Waals surface area contributed by atoms with Crippen LogP contribution in [0.15, 0.2) is 54.6 Å². The van der Waals surface area contributed by atoms with E-state index in [9.17, 15) is 9.90 Å². The van der Waals surface area contributed by atoms with Gasteiger partial charge in [-0.3, -0.25) is 9.48 Å². The Hall–Kier alpha value is -3.03. The van der Waals surface area contributed by atoms with Crippen LogP contribution in [0, 0.1) is 6.92 Å². The van der Waals surface area contributed by atoms with Crippen molar-refractivity contribution in [1.82, 2.24) is 14.7 Å². The first-order valence-corrected chi connectivity index (χ1v) is 11.7. The number of anilines is 1. The first-order chi connectivity index (χ1) is 15.5. The third-order valence-electron chi connectivity index (χ3n) is 5.88. The number of phenols is 1. The molecule has 1 amide bonds. The Kier molecular flexibility index (Phi) is 5.53. The fourth-order valence-corrected chi connectivity index (χ4v) is 5.42. The molecule has 0 spiro atoms. The van der Waals surface area contributed by atoms with Crippen LogP contribution in [0.1, 0.15) is 20.9 Å². The number of phenolic OH excluding ortho intramolecular Hbond substituents is 1. The predicted octanol–water partition coefficient (Wildman–Crippen LogP) is 4.78. The molecule has 1 saturated heterocycles. The van der Waals surface area contributed by atoms with E-state index < -0.39 is 0 Å². The first-order valence-electron chi connectivity index (χ1n) is 10.5. The second kappa shape index (κ2) is 8.48. The molecule has 5 rings (SSSR count). The van der Waals surface area contributed by atoms with Crippen molar-refractivity contribution in [3.8, 4) is 5.75 Å². The number of piperazine rings is 1. The number of rotatable bonds is 4. The van der Waals surface area contributed by atoms with E-state index >= 15 is 0 Å². The minimum atomic E-state index is 0.0697. The van der Waals surface area contributed by atoms with Crippen molar-refractivity contribution in [2.75, 3.05) is 31.1 Å². The number of hydrogen-bond donors (Lipinski definition) is 1. The lowest BCUT2D eigenvalue weighted by atomic mass is 10.2. The van der Waals surface area contributed by atoms with Gasteiger partial charge >= 0.3 is 0 Å². The summed E-state index contributed by atoms with van der Waals surface area (Å²) in [5.41, 5.74) is 2.98. The van der Waals surface area contributed by atoms with E-state index in [0.29, 0.717) is 24.7 Å². The zero-order valence-corrected chi connectivity index (χ0v) is 19.2. The molecular weight excluding hydrogens is 444 g/mol. The number of aryl methyl sites for hydroxylation is 1.